The molecule has 1 aromatic heterocycles. The zero-order chi connectivity index (χ0) is 11.3. The van der Waals surface area contributed by atoms with Crippen LogP contribution in [-0.4, -0.2) is 28.1 Å². The summed E-state index contributed by atoms with van der Waals surface area (Å²) in [7, 11) is 0. The van der Waals surface area contributed by atoms with Crippen LogP contribution in [0.4, 0.5) is 0 Å². The van der Waals surface area contributed by atoms with Gasteiger partial charge in [-0.2, -0.15) is 0 Å². The number of aliphatic carboxylic acids is 1. The average molecular weight is 210 g/mol. The fraction of sp³-hybridized carbons (Fsp3) is 0.400. The van der Waals surface area contributed by atoms with E-state index in [1.165, 1.54) is 0 Å². The molecule has 0 spiro atoms. The van der Waals surface area contributed by atoms with Gasteiger partial charge in [-0.1, -0.05) is 0 Å². The summed E-state index contributed by atoms with van der Waals surface area (Å²) in [5, 5.41) is 11.1. The van der Waals surface area contributed by atoms with Gasteiger partial charge in [0.2, 0.25) is 6.41 Å². The van der Waals surface area contributed by atoms with Gasteiger partial charge < -0.3 is 15.0 Å². The second kappa shape index (κ2) is 5.19. The Bertz CT molecular complexity index is 346. The second-order valence-electron chi connectivity index (χ2n) is 3.23. The molecule has 0 aromatic carbocycles. The molecule has 1 rings (SSSR count). The molecule has 0 fully saturated rings. The van der Waals surface area contributed by atoms with Gasteiger partial charge in [0.15, 0.2) is 0 Å². The van der Waals surface area contributed by atoms with Crippen molar-refractivity contribution < 1.29 is 14.7 Å². The minimum atomic E-state index is -1.02. The molecule has 1 unspecified atom stereocenters. The number of rotatable bonds is 6. The number of hydrogen-bond donors (Lipinski definition) is 2. The van der Waals surface area contributed by atoms with Crippen LogP contribution in [0.2, 0.25) is 0 Å². The number of aryl methyl sites for hydroxylation is 1. The first-order valence-electron chi connectivity index (χ1n) is 4.74. The molecule has 15 heavy (non-hydrogen) atoms. The molecule has 5 nitrogen and oxygen atoms in total. The number of amides is 1. The van der Waals surface area contributed by atoms with E-state index in [4.69, 9.17) is 5.11 Å². The molecule has 0 radical (unpaired) electrons. The molecule has 1 aromatic rings. The molecule has 1 heterocycles. The maximum atomic E-state index is 10.7. The number of carboxylic acid groups (broad SMARTS) is 1. The molecule has 82 valence electrons. The average Bonchev–Trinajstić information content (AvgIpc) is 2.65. The van der Waals surface area contributed by atoms with E-state index in [-0.39, 0.29) is 0 Å². The largest absolute Gasteiger partial charge is 0.480 e. The first-order valence-corrected chi connectivity index (χ1v) is 4.74. The molecular formula is C10H14N2O3. The van der Waals surface area contributed by atoms with Crippen molar-refractivity contribution in [3.63, 3.8) is 0 Å². The summed E-state index contributed by atoms with van der Waals surface area (Å²) < 4.78 is 1.95. The number of aromatic nitrogens is 1. The van der Waals surface area contributed by atoms with Crippen LogP contribution in [0.1, 0.15) is 12.5 Å². The molecule has 0 aliphatic rings. The molecule has 0 bridgehead atoms. The third kappa shape index (κ3) is 3.12. The number of carbonyl (C=O) groups is 2. The van der Waals surface area contributed by atoms with Crippen molar-refractivity contribution in [1.82, 2.24) is 9.88 Å². The molecule has 0 saturated heterocycles. The molecule has 0 aliphatic heterocycles. The van der Waals surface area contributed by atoms with Gasteiger partial charge in [-0.05, 0) is 18.6 Å². The normalized spacial score (nSPS) is 12.1. The third-order valence-electron chi connectivity index (χ3n) is 2.18. The van der Waals surface area contributed by atoms with Gasteiger partial charge >= 0.3 is 5.97 Å². The second-order valence-corrected chi connectivity index (χ2v) is 3.23. The van der Waals surface area contributed by atoms with Crippen LogP contribution < -0.4 is 5.32 Å². The fourth-order valence-electron chi connectivity index (χ4n) is 1.34. The summed E-state index contributed by atoms with van der Waals surface area (Å²) in [6, 6.07) is 1.00. The SMILES string of the molecule is CCn1ccc(CC(NC=O)C(=O)O)c1. The van der Waals surface area contributed by atoms with Crippen LogP contribution in [-0.2, 0) is 22.6 Å². The molecule has 1 amide bonds. The van der Waals surface area contributed by atoms with Crippen LogP contribution in [0.15, 0.2) is 18.5 Å². The molecule has 0 aliphatic carbocycles. The number of hydrogen-bond acceptors (Lipinski definition) is 2. The van der Waals surface area contributed by atoms with E-state index < -0.39 is 12.0 Å². The van der Waals surface area contributed by atoms with Gasteiger partial charge in [0.05, 0.1) is 0 Å². The van der Waals surface area contributed by atoms with E-state index in [1.54, 1.807) is 0 Å². The van der Waals surface area contributed by atoms with E-state index in [0.29, 0.717) is 12.8 Å². The fourth-order valence-corrected chi connectivity index (χ4v) is 1.34. The molecule has 2 N–H and O–H groups in total. The maximum absolute atomic E-state index is 10.7. The summed E-state index contributed by atoms with van der Waals surface area (Å²) in [6.45, 7) is 2.85. The van der Waals surface area contributed by atoms with Crippen molar-refractivity contribution in [2.24, 2.45) is 0 Å². The van der Waals surface area contributed by atoms with Crippen molar-refractivity contribution >= 4 is 12.4 Å². The topological polar surface area (TPSA) is 71.3 Å². The summed E-state index contributed by atoms with van der Waals surface area (Å²) in [4.78, 5) is 20.9. The zero-order valence-corrected chi connectivity index (χ0v) is 8.51. The molecule has 5 heteroatoms. The Morgan fingerprint density at radius 1 is 1.73 bits per heavy atom. The highest BCUT2D eigenvalue weighted by Gasteiger charge is 2.16. The summed E-state index contributed by atoms with van der Waals surface area (Å²) in [5.74, 6) is -1.02. The predicted octanol–water partition coefficient (Wildman–Crippen LogP) is 0.250. The Kier molecular flexibility index (Phi) is 3.91. The Morgan fingerprint density at radius 2 is 2.47 bits per heavy atom. The lowest BCUT2D eigenvalue weighted by Gasteiger charge is -2.09. The van der Waals surface area contributed by atoms with E-state index in [1.807, 2.05) is 30.0 Å². The van der Waals surface area contributed by atoms with Crippen LogP contribution >= 0.6 is 0 Å². The third-order valence-corrected chi connectivity index (χ3v) is 2.18. The highest BCUT2D eigenvalue weighted by molar-refractivity contribution is 5.76. The molecule has 1 atom stereocenters. The van der Waals surface area contributed by atoms with Gasteiger partial charge in [-0.15, -0.1) is 0 Å². The van der Waals surface area contributed by atoms with Gasteiger partial charge in [0.25, 0.3) is 0 Å². The Labute approximate surface area is 87.7 Å². The van der Waals surface area contributed by atoms with Crippen molar-refractivity contribution in [3.05, 3.63) is 24.0 Å². The van der Waals surface area contributed by atoms with Gasteiger partial charge in [-0.3, -0.25) is 4.79 Å². The predicted molar refractivity (Wildman–Crippen MR) is 54.4 cm³/mol. The summed E-state index contributed by atoms with van der Waals surface area (Å²) >= 11 is 0. The Morgan fingerprint density at radius 3 is 2.93 bits per heavy atom. The zero-order valence-electron chi connectivity index (χ0n) is 8.51. The lowest BCUT2D eigenvalue weighted by atomic mass is 10.1. The van der Waals surface area contributed by atoms with E-state index in [2.05, 4.69) is 5.32 Å². The van der Waals surface area contributed by atoms with Crippen LogP contribution in [0, 0.1) is 0 Å². The minimum Gasteiger partial charge on any atom is -0.480 e. The highest BCUT2D eigenvalue weighted by Crippen LogP contribution is 2.05. The van der Waals surface area contributed by atoms with Gasteiger partial charge in [-0.25, -0.2) is 4.79 Å². The summed E-state index contributed by atoms with van der Waals surface area (Å²) in [5.41, 5.74) is 0.901. The van der Waals surface area contributed by atoms with Crippen LogP contribution in [0.5, 0.6) is 0 Å². The first kappa shape index (κ1) is 11.3. The van der Waals surface area contributed by atoms with E-state index >= 15 is 0 Å². The van der Waals surface area contributed by atoms with Gasteiger partial charge in [0, 0.05) is 25.4 Å². The quantitative estimate of drug-likeness (QED) is 0.661. The van der Waals surface area contributed by atoms with E-state index in [9.17, 15) is 9.59 Å². The smallest absolute Gasteiger partial charge is 0.326 e. The van der Waals surface area contributed by atoms with Crippen molar-refractivity contribution in [3.8, 4) is 0 Å². The van der Waals surface area contributed by atoms with Crippen molar-refractivity contribution in [2.75, 3.05) is 0 Å². The number of carbonyl (C=O) groups excluding carboxylic acids is 1. The van der Waals surface area contributed by atoms with Crippen molar-refractivity contribution in [2.45, 2.75) is 25.9 Å². The number of carboxylic acids is 1. The molecule has 0 saturated carbocycles. The van der Waals surface area contributed by atoms with E-state index in [0.717, 1.165) is 12.1 Å². The number of nitrogens with one attached hydrogen (secondary N) is 1. The lowest BCUT2D eigenvalue weighted by molar-refractivity contribution is -0.140. The standard InChI is InChI=1S/C10H14N2O3/c1-2-12-4-3-8(6-12)5-9(10(14)15)11-7-13/h3-4,6-7,9H,2,5H2,1H3,(H,11,13)(H,14,15). The highest BCUT2D eigenvalue weighted by atomic mass is 16.4. The summed E-state index contributed by atoms with van der Waals surface area (Å²) in [6.07, 6.45) is 4.48. The van der Waals surface area contributed by atoms with Crippen LogP contribution in [0.25, 0.3) is 0 Å². The lowest BCUT2D eigenvalue weighted by Crippen LogP contribution is -2.37. The van der Waals surface area contributed by atoms with Crippen LogP contribution in [0.3, 0.4) is 0 Å². The maximum Gasteiger partial charge on any atom is 0.326 e. The first-order chi connectivity index (χ1) is 7.17. The Hall–Kier alpha value is -1.78. The Balaban J connectivity index is 2.64. The van der Waals surface area contributed by atoms with Crippen molar-refractivity contribution in [1.29, 1.82) is 0 Å². The minimum absolute atomic E-state index is 0.307. The van der Waals surface area contributed by atoms with Gasteiger partial charge in [0.1, 0.15) is 6.04 Å². The monoisotopic (exact) mass is 210 g/mol. The molecular weight excluding hydrogens is 196 g/mol. The number of nitrogens with zero attached hydrogens (tertiary/aromatic N) is 1.